The number of ketones is 1. The number of hydrogen-bond acceptors (Lipinski definition) is 4. The van der Waals surface area contributed by atoms with Crippen molar-refractivity contribution < 1.29 is 9.90 Å². The number of anilines is 1. The van der Waals surface area contributed by atoms with E-state index in [1.165, 1.54) is 16.8 Å². The van der Waals surface area contributed by atoms with E-state index < -0.39 is 0 Å². The van der Waals surface area contributed by atoms with Crippen LogP contribution in [0.25, 0.3) is 5.57 Å². The Balaban J connectivity index is 1.52. The molecule has 176 valence electrons. The molecule has 0 spiro atoms. The number of nitriles is 1. The zero-order valence-electron chi connectivity index (χ0n) is 20.6. The summed E-state index contributed by atoms with van der Waals surface area (Å²) in [6.45, 7) is 9.03. The third kappa shape index (κ3) is 3.58. The quantitative estimate of drug-likeness (QED) is 0.639. The van der Waals surface area contributed by atoms with Gasteiger partial charge in [0.15, 0.2) is 5.78 Å². The highest BCUT2D eigenvalue weighted by Gasteiger charge is 2.43. The third-order valence-electron chi connectivity index (χ3n) is 8.40. The van der Waals surface area contributed by atoms with Crippen molar-refractivity contribution in [3.63, 3.8) is 0 Å². The average Bonchev–Trinajstić information content (AvgIpc) is 3.26. The lowest BCUT2D eigenvalue weighted by Crippen LogP contribution is -2.36. The fourth-order valence-electron chi connectivity index (χ4n) is 6.34. The van der Waals surface area contributed by atoms with Crippen LogP contribution in [0.1, 0.15) is 84.6 Å². The normalized spacial score (nSPS) is 19.0. The van der Waals surface area contributed by atoms with Gasteiger partial charge in [-0.15, -0.1) is 0 Å². The molecule has 5 rings (SSSR count). The molecule has 0 bridgehead atoms. The van der Waals surface area contributed by atoms with Gasteiger partial charge in [-0.1, -0.05) is 26.8 Å². The molecule has 0 saturated carbocycles. The topological polar surface area (TPSA) is 64.3 Å². The number of hydrogen-bond donors (Lipinski definition) is 1. The molecule has 34 heavy (non-hydrogen) atoms. The average molecular weight is 455 g/mol. The van der Waals surface area contributed by atoms with Crippen LogP contribution < -0.4 is 4.90 Å². The summed E-state index contributed by atoms with van der Waals surface area (Å²) in [7, 11) is 0. The van der Waals surface area contributed by atoms with Gasteiger partial charge in [0.25, 0.3) is 0 Å². The lowest BCUT2D eigenvalue weighted by Gasteiger charge is -2.39. The summed E-state index contributed by atoms with van der Waals surface area (Å²) in [5, 5.41) is 18.5. The molecule has 0 unspecified atom stereocenters. The minimum absolute atomic E-state index is 0.136. The van der Waals surface area contributed by atoms with Crippen molar-refractivity contribution in [3.05, 3.63) is 69.3 Å². The molecule has 1 fully saturated rings. The van der Waals surface area contributed by atoms with E-state index in [2.05, 4.69) is 43.9 Å². The van der Waals surface area contributed by atoms with Crippen LogP contribution in [0.5, 0.6) is 0 Å². The van der Waals surface area contributed by atoms with E-state index in [4.69, 9.17) is 0 Å². The van der Waals surface area contributed by atoms with Crippen LogP contribution in [0.3, 0.4) is 0 Å². The van der Waals surface area contributed by atoms with Crippen LogP contribution in [-0.2, 0) is 18.3 Å². The molecular formula is C30H34N2O2. The molecule has 0 atom stereocenters. The summed E-state index contributed by atoms with van der Waals surface area (Å²) >= 11 is 0. The maximum atomic E-state index is 13.8. The summed E-state index contributed by atoms with van der Waals surface area (Å²) in [5.41, 5.74) is 9.07. The van der Waals surface area contributed by atoms with Crippen molar-refractivity contribution in [2.75, 3.05) is 24.6 Å². The Morgan fingerprint density at radius 1 is 1.15 bits per heavy atom. The van der Waals surface area contributed by atoms with Crippen molar-refractivity contribution in [3.8, 4) is 6.07 Å². The van der Waals surface area contributed by atoms with E-state index in [0.29, 0.717) is 11.5 Å². The molecule has 4 heteroatoms. The van der Waals surface area contributed by atoms with Gasteiger partial charge in [-0.3, -0.25) is 4.79 Å². The van der Waals surface area contributed by atoms with Gasteiger partial charge in [0.1, 0.15) is 0 Å². The van der Waals surface area contributed by atoms with Gasteiger partial charge in [0.05, 0.1) is 11.6 Å². The number of aliphatic hydroxyl groups is 1. The number of benzene rings is 2. The molecule has 4 nitrogen and oxygen atoms in total. The number of Topliss-reactive ketones (excluding diaryl/α,β-unsaturated/α-hetero) is 1. The fourth-order valence-corrected chi connectivity index (χ4v) is 6.34. The number of carbonyl (C=O) groups excluding carboxylic acids is 1. The molecule has 0 aromatic heterocycles. The van der Waals surface area contributed by atoms with Crippen molar-refractivity contribution in [2.24, 2.45) is 5.92 Å². The Morgan fingerprint density at radius 2 is 1.91 bits per heavy atom. The highest BCUT2D eigenvalue weighted by molar-refractivity contribution is 6.33. The predicted octanol–water partition coefficient (Wildman–Crippen LogP) is 5.59. The van der Waals surface area contributed by atoms with Crippen LogP contribution in [0, 0.1) is 17.2 Å². The first-order chi connectivity index (χ1) is 16.4. The van der Waals surface area contributed by atoms with Crippen molar-refractivity contribution in [1.82, 2.24) is 0 Å². The molecule has 0 radical (unpaired) electrons. The van der Waals surface area contributed by atoms with Gasteiger partial charge in [-0.25, -0.2) is 0 Å². The van der Waals surface area contributed by atoms with Gasteiger partial charge in [-0.2, -0.15) is 5.26 Å². The second-order valence-electron chi connectivity index (χ2n) is 10.6. The summed E-state index contributed by atoms with van der Waals surface area (Å²) in [6.07, 6.45) is 5.97. The minimum Gasteiger partial charge on any atom is -0.396 e. The lowest BCUT2D eigenvalue weighted by molar-refractivity contribution is 0.105. The Kier molecular flexibility index (Phi) is 5.86. The molecule has 3 aliphatic rings. The molecular weight excluding hydrogens is 420 g/mol. The number of allylic oxidation sites excluding steroid dienone is 2. The molecule has 2 aromatic rings. The van der Waals surface area contributed by atoms with E-state index in [9.17, 15) is 15.2 Å². The lowest BCUT2D eigenvalue weighted by atomic mass is 9.68. The van der Waals surface area contributed by atoms with E-state index in [1.54, 1.807) is 0 Å². The number of carbonyl (C=O) groups is 1. The number of nitrogens with zero attached hydrogens (tertiary/aromatic N) is 2. The maximum absolute atomic E-state index is 13.8. The minimum atomic E-state index is -0.245. The van der Waals surface area contributed by atoms with Crippen molar-refractivity contribution in [2.45, 2.75) is 64.7 Å². The van der Waals surface area contributed by atoms with Gasteiger partial charge in [0, 0.05) is 41.9 Å². The molecule has 0 amide bonds. The van der Waals surface area contributed by atoms with Gasteiger partial charge in [-0.05, 0) is 96.5 Å². The van der Waals surface area contributed by atoms with Crippen molar-refractivity contribution >= 4 is 17.0 Å². The first kappa shape index (κ1) is 22.9. The number of aryl methyl sites for hydroxylation is 1. The molecule has 1 saturated heterocycles. The third-order valence-corrected chi connectivity index (χ3v) is 8.40. The molecule has 1 N–H and O–H groups in total. The fraction of sp³-hybridized carbons (Fsp3) is 0.467. The number of rotatable bonds is 5. The number of fused-ring (bicyclic) bond motifs is 3. The highest BCUT2D eigenvalue weighted by atomic mass is 16.2. The number of piperidine rings is 1. The van der Waals surface area contributed by atoms with Crippen LogP contribution in [0.4, 0.5) is 5.69 Å². The molecule has 1 aliphatic heterocycles. The van der Waals surface area contributed by atoms with Crippen molar-refractivity contribution in [1.29, 1.82) is 5.26 Å². The van der Waals surface area contributed by atoms with Crippen LogP contribution in [0.15, 0.2) is 35.9 Å². The maximum Gasteiger partial charge on any atom is 0.193 e. The Morgan fingerprint density at radius 3 is 2.59 bits per heavy atom. The van der Waals surface area contributed by atoms with E-state index in [1.807, 2.05) is 18.2 Å². The Labute approximate surface area is 202 Å². The predicted molar refractivity (Wildman–Crippen MR) is 136 cm³/mol. The zero-order valence-corrected chi connectivity index (χ0v) is 20.6. The summed E-state index contributed by atoms with van der Waals surface area (Å²) < 4.78 is 0. The van der Waals surface area contributed by atoms with Crippen LogP contribution in [-0.4, -0.2) is 30.6 Å². The number of aliphatic hydroxyl groups excluding tert-OH is 1. The first-order valence-corrected chi connectivity index (χ1v) is 12.7. The summed E-state index contributed by atoms with van der Waals surface area (Å²) in [6, 6.07) is 12.5. The van der Waals surface area contributed by atoms with E-state index >= 15 is 0 Å². The largest absolute Gasteiger partial charge is 0.396 e. The molecule has 2 aliphatic carbocycles. The van der Waals surface area contributed by atoms with Gasteiger partial charge < -0.3 is 10.0 Å². The zero-order chi connectivity index (χ0) is 24.0. The second-order valence-corrected chi connectivity index (χ2v) is 10.6. The molecule has 2 aromatic carbocycles. The van der Waals surface area contributed by atoms with E-state index in [0.717, 1.165) is 79.4 Å². The summed E-state index contributed by atoms with van der Waals surface area (Å²) in [4.78, 5) is 16.4. The SMILES string of the molecule is CCc1cc2c(cc1N1CCC(CCCO)CC1)C(C)(C)C1=C(C2=O)c2ccc(C#N)cc2C1. The monoisotopic (exact) mass is 454 g/mol. The smallest absolute Gasteiger partial charge is 0.193 e. The Bertz CT molecular complexity index is 1220. The molecule has 1 heterocycles. The Hall–Kier alpha value is -2.90. The summed E-state index contributed by atoms with van der Waals surface area (Å²) in [5.74, 6) is 0.837. The highest BCUT2D eigenvalue weighted by Crippen LogP contribution is 2.51. The van der Waals surface area contributed by atoms with Crippen LogP contribution >= 0.6 is 0 Å². The second kappa shape index (κ2) is 8.71. The van der Waals surface area contributed by atoms with Gasteiger partial charge >= 0.3 is 0 Å². The van der Waals surface area contributed by atoms with Gasteiger partial charge in [0.2, 0.25) is 0 Å². The standard InChI is InChI=1S/C30H34N2O2/c1-4-21-15-24-25(17-27(21)32-11-9-19(10-12-32)6-5-13-33)30(2,3)26-16-22-14-20(18-31)7-8-23(22)28(26)29(24)34/h7-8,14-15,17,19,33H,4-6,9-13,16H2,1-3H3. The first-order valence-electron chi connectivity index (χ1n) is 12.7. The van der Waals surface area contributed by atoms with Crippen LogP contribution in [0.2, 0.25) is 0 Å². The van der Waals surface area contributed by atoms with E-state index in [-0.39, 0.29) is 17.8 Å².